The first-order valence-corrected chi connectivity index (χ1v) is 6.01. The van der Waals surface area contributed by atoms with Crippen molar-refractivity contribution in [3.05, 3.63) is 5.82 Å². The van der Waals surface area contributed by atoms with Gasteiger partial charge in [-0.15, -0.1) is 5.10 Å². The van der Waals surface area contributed by atoms with Crippen LogP contribution in [0.25, 0.3) is 0 Å². The van der Waals surface area contributed by atoms with Crippen molar-refractivity contribution in [3.63, 3.8) is 0 Å². The van der Waals surface area contributed by atoms with Gasteiger partial charge in [0.2, 0.25) is 0 Å². The zero-order chi connectivity index (χ0) is 12.7. The van der Waals surface area contributed by atoms with Gasteiger partial charge in [0.25, 0.3) is 0 Å². The molecule has 1 aromatic heterocycles. The molecule has 1 N–H and O–H groups in total. The summed E-state index contributed by atoms with van der Waals surface area (Å²) in [6.45, 7) is 4.51. The van der Waals surface area contributed by atoms with E-state index < -0.39 is 18.5 Å². The molecule has 0 saturated carbocycles. The summed E-state index contributed by atoms with van der Waals surface area (Å²) in [7, 11) is 0. The highest BCUT2D eigenvalue weighted by Crippen LogP contribution is 2.29. The van der Waals surface area contributed by atoms with Crippen LogP contribution >= 0.6 is 0 Å². The van der Waals surface area contributed by atoms with Crippen molar-refractivity contribution in [1.29, 1.82) is 0 Å². The van der Waals surface area contributed by atoms with E-state index in [0.29, 0.717) is 12.4 Å². The van der Waals surface area contributed by atoms with E-state index in [1.807, 2.05) is 13.8 Å². The number of hydrogen-bond donors (Lipinski definition) is 1. The second-order valence-corrected chi connectivity index (χ2v) is 4.77. The molecular formula is C10H16N4O4. The van der Waals surface area contributed by atoms with Crippen molar-refractivity contribution >= 4 is 0 Å². The molecule has 3 heterocycles. The molecule has 1 fully saturated rings. The summed E-state index contributed by atoms with van der Waals surface area (Å²) in [5.41, 5.74) is 0. The van der Waals surface area contributed by atoms with E-state index in [0.717, 1.165) is 0 Å². The van der Waals surface area contributed by atoms with Gasteiger partial charge in [-0.25, -0.2) is 4.68 Å². The number of nitrogens with zero attached hydrogens (tertiary/aromatic N) is 4. The standard InChI is InChI=1S/C10H16N4O4/c1-5(2)17-10-8(15)9-6(18-10)3-14-7(4-16-9)11-12-13-14/h5-6,8-10,15H,3-4H2,1-2H3/t6-,8-,9+,10+/m1/s1. The third kappa shape index (κ3) is 2.01. The highest BCUT2D eigenvalue weighted by atomic mass is 16.7. The Morgan fingerprint density at radius 2 is 2.33 bits per heavy atom. The summed E-state index contributed by atoms with van der Waals surface area (Å²) in [6.07, 6.45) is -2.19. The van der Waals surface area contributed by atoms with Gasteiger partial charge in [0.15, 0.2) is 12.1 Å². The first-order valence-electron chi connectivity index (χ1n) is 6.01. The van der Waals surface area contributed by atoms with Gasteiger partial charge in [-0.05, 0) is 24.3 Å². The quantitative estimate of drug-likeness (QED) is 0.731. The Balaban J connectivity index is 1.75. The normalized spacial score (nSPS) is 35.3. The molecule has 18 heavy (non-hydrogen) atoms. The Kier molecular flexibility index (Phi) is 3.02. The van der Waals surface area contributed by atoms with Crippen molar-refractivity contribution in [1.82, 2.24) is 20.2 Å². The van der Waals surface area contributed by atoms with Gasteiger partial charge in [-0.3, -0.25) is 0 Å². The Bertz CT molecular complexity index is 424. The molecular weight excluding hydrogens is 240 g/mol. The van der Waals surface area contributed by atoms with Crippen LogP contribution < -0.4 is 0 Å². The first-order chi connectivity index (χ1) is 8.65. The topological polar surface area (TPSA) is 91.5 Å². The molecule has 100 valence electrons. The first kappa shape index (κ1) is 12.0. The summed E-state index contributed by atoms with van der Waals surface area (Å²) in [4.78, 5) is 0. The van der Waals surface area contributed by atoms with Crippen LogP contribution in [-0.2, 0) is 27.4 Å². The number of ether oxygens (including phenoxy) is 3. The van der Waals surface area contributed by atoms with E-state index in [1.165, 1.54) is 0 Å². The maximum atomic E-state index is 10.1. The van der Waals surface area contributed by atoms with Crippen molar-refractivity contribution in [2.75, 3.05) is 0 Å². The van der Waals surface area contributed by atoms with Gasteiger partial charge in [0.1, 0.15) is 24.9 Å². The van der Waals surface area contributed by atoms with Crippen LogP contribution in [0.2, 0.25) is 0 Å². The number of fused-ring (bicyclic) bond motifs is 2. The van der Waals surface area contributed by atoms with Gasteiger partial charge < -0.3 is 19.3 Å². The van der Waals surface area contributed by atoms with Gasteiger partial charge >= 0.3 is 0 Å². The fourth-order valence-corrected chi connectivity index (χ4v) is 2.25. The third-order valence-corrected chi connectivity index (χ3v) is 3.06. The van der Waals surface area contributed by atoms with Crippen LogP contribution in [-0.4, -0.2) is 56.0 Å². The summed E-state index contributed by atoms with van der Waals surface area (Å²) in [6, 6.07) is 0. The zero-order valence-electron chi connectivity index (χ0n) is 10.3. The monoisotopic (exact) mass is 256 g/mol. The molecule has 3 rings (SSSR count). The second-order valence-electron chi connectivity index (χ2n) is 4.77. The number of tetrazole rings is 1. The number of aromatic nitrogens is 4. The number of aliphatic hydroxyl groups is 1. The fourth-order valence-electron chi connectivity index (χ4n) is 2.25. The van der Waals surface area contributed by atoms with E-state index >= 15 is 0 Å². The lowest BCUT2D eigenvalue weighted by molar-refractivity contribution is -0.185. The van der Waals surface area contributed by atoms with E-state index in [-0.39, 0.29) is 18.8 Å². The van der Waals surface area contributed by atoms with E-state index in [9.17, 15) is 5.11 Å². The maximum Gasteiger partial charge on any atom is 0.186 e. The summed E-state index contributed by atoms with van der Waals surface area (Å²) in [5, 5.41) is 21.4. The van der Waals surface area contributed by atoms with Crippen LogP contribution in [0.4, 0.5) is 0 Å². The second kappa shape index (κ2) is 4.54. The third-order valence-electron chi connectivity index (χ3n) is 3.06. The Morgan fingerprint density at radius 3 is 3.11 bits per heavy atom. The molecule has 0 radical (unpaired) electrons. The van der Waals surface area contributed by atoms with Crippen molar-refractivity contribution in [3.8, 4) is 0 Å². The molecule has 0 spiro atoms. The van der Waals surface area contributed by atoms with Crippen LogP contribution in [0, 0.1) is 0 Å². The van der Waals surface area contributed by atoms with Gasteiger partial charge in [-0.2, -0.15) is 0 Å². The van der Waals surface area contributed by atoms with E-state index in [2.05, 4.69) is 15.5 Å². The summed E-state index contributed by atoms with van der Waals surface area (Å²) in [5.74, 6) is 0.640. The lowest BCUT2D eigenvalue weighted by atomic mass is 10.1. The van der Waals surface area contributed by atoms with Crippen molar-refractivity contribution in [2.24, 2.45) is 0 Å². The molecule has 0 unspecified atom stereocenters. The molecule has 2 aliphatic heterocycles. The molecule has 8 heteroatoms. The molecule has 0 amide bonds. The van der Waals surface area contributed by atoms with Crippen LogP contribution in [0.5, 0.6) is 0 Å². The fraction of sp³-hybridized carbons (Fsp3) is 0.900. The maximum absolute atomic E-state index is 10.1. The highest BCUT2D eigenvalue weighted by molar-refractivity contribution is 4.93. The number of aliphatic hydroxyl groups excluding tert-OH is 1. The average Bonchev–Trinajstić information content (AvgIpc) is 2.80. The van der Waals surface area contributed by atoms with Crippen LogP contribution in [0.3, 0.4) is 0 Å². The van der Waals surface area contributed by atoms with Gasteiger partial charge in [-0.1, -0.05) is 0 Å². The molecule has 0 aromatic carbocycles. The molecule has 1 saturated heterocycles. The van der Waals surface area contributed by atoms with Gasteiger partial charge in [0.05, 0.1) is 12.6 Å². The highest BCUT2D eigenvalue weighted by Gasteiger charge is 2.47. The van der Waals surface area contributed by atoms with Crippen molar-refractivity contribution in [2.45, 2.75) is 57.7 Å². The minimum absolute atomic E-state index is 0.0180. The average molecular weight is 256 g/mol. The largest absolute Gasteiger partial charge is 0.385 e. The minimum atomic E-state index is -0.796. The Labute approximate surface area is 104 Å². The lowest BCUT2D eigenvalue weighted by Gasteiger charge is -2.19. The molecule has 4 atom stereocenters. The number of rotatable bonds is 2. The summed E-state index contributed by atoms with van der Waals surface area (Å²) < 4.78 is 18.4. The minimum Gasteiger partial charge on any atom is -0.385 e. The Morgan fingerprint density at radius 1 is 1.50 bits per heavy atom. The van der Waals surface area contributed by atoms with E-state index in [4.69, 9.17) is 14.2 Å². The summed E-state index contributed by atoms with van der Waals surface area (Å²) >= 11 is 0. The SMILES string of the molecule is CC(C)O[C@H]1O[C@@H]2Cn3nnnc3CO[C@@H]2[C@H]1O. The molecule has 0 bridgehead atoms. The van der Waals surface area contributed by atoms with Crippen LogP contribution in [0.1, 0.15) is 19.7 Å². The van der Waals surface area contributed by atoms with Crippen LogP contribution in [0.15, 0.2) is 0 Å². The smallest absolute Gasteiger partial charge is 0.186 e. The lowest BCUT2D eigenvalue weighted by Crippen LogP contribution is -2.36. The molecule has 8 nitrogen and oxygen atoms in total. The van der Waals surface area contributed by atoms with E-state index in [1.54, 1.807) is 4.68 Å². The Hall–Kier alpha value is -1.09. The van der Waals surface area contributed by atoms with Gasteiger partial charge in [0, 0.05) is 0 Å². The molecule has 2 aliphatic rings. The molecule has 1 aromatic rings. The molecule has 0 aliphatic carbocycles. The van der Waals surface area contributed by atoms with Crippen molar-refractivity contribution < 1.29 is 19.3 Å². The number of hydrogen-bond acceptors (Lipinski definition) is 7. The zero-order valence-corrected chi connectivity index (χ0v) is 10.3. The predicted octanol–water partition coefficient (Wildman–Crippen LogP) is -0.917. The predicted molar refractivity (Wildman–Crippen MR) is 57.3 cm³/mol.